The number of hydrogen-bond acceptors (Lipinski definition) is 4. The van der Waals surface area contributed by atoms with Gasteiger partial charge in [0, 0.05) is 19.0 Å². The Morgan fingerprint density at radius 2 is 2.09 bits per heavy atom. The van der Waals surface area contributed by atoms with Gasteiger partial charge < -0.3 is 9.64 Å². The molecule has 0 saturated carbocycles. The number of ether oxygens (including phenoxy) is 1. The van der Waals surface area contributed by atoms with Gasteiger partial charge in [-0.15, -0.1) is 0 Å². The molecule has 1 aliphatic heterocycles. The molecule has 0 unspecified atom stereocenters. The first kappa shape index (κ1) is 16.6. The lowest BCUT2D eigenvalue weighted by atomic mass is 9.97. The summed E-state index contributed by atoms with van der Waals surface area (Å²) in [6.45, 7) is 6.00. The van der Waals surface area contributed by atoms with Crippen LogP contribution in [-0.4, -0.2) is 23.4 Å². The lowest BCUT2D eigenvalue weighted by Gasteiger charge is -2.35. The van der Waals surface area contributed by atoms with E-state index >= 15 is 0 Å². The Morgan fingerprint density at radius 1 is 1.35 bits per heavy atom. The molecule has 0 aliphatic carbocycles. The molecule has 5 heteroatoms. The Balaban J connectivity index is 2.56. The molecule has 2 rings (SSSR count). The van der Waals surface area contributed by atoms with Crippen LogP contribution in [0.1, 0.15) is 44.7 Å². The second-order valence-corrected chi connectivity index (χ2v) is 5.99. The molecule has 1 aliphatic rings. The summed E-state index contributed by atoms with van der Waals surface area (Å²) in [5.74, 6) is 1.43. The Labute approximate surface area is 137 Å². The van der Waals surface area contributed by atoms with Gasteiger partial charge >= 0.3 is 0 Å². The number of nitriles is 2. The van der Waals surface area contributed by atoms with E-state index in [9.17, 15) is 0 Å². The van der Waals surface area contributed by atoms with E-state index in [-0.39, 0.29) is 0 Å². The molecular formula is C18H20N4O. The highest BCUT2D eigenvalue weighted by Crippen LogP contribution is 2.38. The van der Waals surface area contributed by atoms with Gasteiger partial charge in [0.15, 0.2) is 0 Å². The molecule has 5 nitrogen and oxygen atoms in total. The first-order valence-corrected chi connectivity index (χ1v) is 7.57. The summed E-state index contributed by atoms with van der Waals surface area (Å²) in [5.41, 5.74) is 1.83. The standard InChI is InChI=1S/C18H20N4O/c1-5-6-17(21-12-20)22(4)15-10-18(2,3)23-16-8-7-13(11-19)9-14(15)16/h7-10H,5-6H2,1-4H3/b21-17-. The summed E-state index contributed by atoms with van der Waals surface area (Å²) in [6.07, 6.45) is 5.47. The summed E-state index contributed by atoms with van der Waals surface area (Å²) in [5, 5.41) is 18.1. The zero-order valence-corrected chi connectivity index (χ0v) is 13.9. The largest absolute Gasteiger partial charge is 0.483 e. The topological polar surface area (TPSA) is 72.4 Å². The van der Waals surface area contributed by atoms with E-state index in [0.717, 1.165) is 23.4 Å². The maximum Gasteiger partial charge on any atom is 0.207 e. The fourth-order valence-electron chi connectivity index (χ4n) is 2.61. The van der Waals surface area contributed by atoms with Gasteiger partial charge in [-0.1, -0.05) is 6.92 Å². The summed E-state index contributed by atoms with van der Waals surface area (Å²) >= 11 is 0. The number of benzene rings is 1. The van der Waals surface area contributed by atoms with Gasteiger partial charge in [-0.25, -0.2) is 0 Å². The van der Waals surface area contributed by atoms with E-state index in [4.69, 9.17) is 15.3 Å². The van der Waals surface area contributed by atoms with Crippen LogP contribution in [0.5, 0.6) is 5.75 Å². The van der Waals surface area contributed by atoms with Gasteiger partial charge in [-0.3, -0.25) is 0 Å². The molecule has 0 bridgehead atoms. The van der Waals surface area contributed by atoms with Crippen molar-refractivity contribution in [2.75, 3.05) is 7.05 Å². The summed E-state index contributed by atoms with van der Waals surface area (Å²) < 4.78 is 5.98. The fraction of sp³-hybridized carbons (Fsp3) is 0.389. The molecular weight excluding hydrogens is 288 g/mol. The van der Waals surface area contributed by atoms with Crippen LogP contribution in [0.4, 0.5) is 0 Å². The van der Waals surface area contributed by atoms with Gasteiger partial charge in [-0.2, -0.15) is 15.5 Å². The number of fused-ring (bicyclic) bond motifs is 1. The van der Waals surface area contributed by atoms with E-state index in [0.29, 0.717) is 17.8 Å². The van der Waals surface area contributed by atoms with E-state index in [1.165, 1.54) is 0 Å². The number of hydrogen-bond donors (Lipinski definition) is 0. The Hall–Kier alpha value is -2.79. The van der Waals surface area contributed by atoms with Crippen LogP contribution in [-0.2, 0) is 0 Å². The average Bonchev–Trinajstić information content (AvgIpc) is 2.52. The van der Waals surface area contributed by atoms with Crippen LogP contribution in [0.25, 0.3) is 5.70 Å². The van der Waals surface area contributed by atoms with Crippen molar-refractivity contribution in [3.05, 3.63) is 35.4 Å². The highest BCUT2D eigenvalue weighted by atomic mass is 16.5. The molecule has 0 saturated heterocycles. The molecule has 0 spiro atoms. The second kappa shape index (κ2) is 6.54. The fourth-order valence-corrected chi connectivity index (χ4v) is 2.61. The predicted octanol–water partition coefficient (Wildman–Crippen LogP) is 3.68. The third kappa shape index (κ3) is 3.52. The molecule has 0 amide bonds. The minimum absolute atomic E-state index is 0.477. The van der Waals surface area contributed by atoms with E-state index < -0.39 is 5.60 Å². The first-order valence-electron chi connectivity index (χ1n) is 7.57. The van der Waals surface area contributed by atoms with Crippen molar-refractivity contribution in [3.8, 4) is 18.0 Å². The van der Waals surface area contributed by atoms with Crippen LogP contribution in [0, 0.1) is 22.8 Å². The van der Waals surface area contributed by atoms with Crippen LogP contribution < -0.4 is 4.74 Å². The second-order valence-electron chi connectivity index (χ2n) is 5.99. The van der Waals surface area contributed by atoms with Gasteiger partial charge in [-0.05, 0) is 44.5 Å². The SMILES string of the molecule is CCC/C(=N/C#N)N(C)C1=CC(C)(C)Oc2ccc(C#N)cc21. The average molecular weight is 308 g/mol. The van der Waals surface area contributed by atoms with Gasteiger partial charge in [0.1, 0.15) is 17.2 Å². The Morgan fingerprint density at radius 3 is 2.70 bits per heavy atom. The summed E-state index contributed by atoms with van der Waals surface area (Å²) in [4.78, 5) is 5.87. The lowest BCUT2D eigenvalue weighted by molar-refractivity contribution is 0.156. The monoisotopic (exact) mass is 308 g/mol. The number of amidine groups is 1. The van der Waals surface area contributed by atoms with Crippen LogP contribution in [0.3, 0.4) is 0 Å². The zero-order valence-electron chi connectivity index (χ0n) is 13.9. The molecule has 1 heterocycles. The Kier molecular flexibility index (Phi) is 4.71. The third-order valence-electron chi connectivity index (χ3n) is 3.64. The van der Waals surface area contributed by atoms with Crippen LogP contribution in [0.2, 0.25) is 0 Å². The first-order chi connectivity index (χ1) is 10.9. The van der Waals surface area contributed by atoms with E-state index in [1.54, 1.807) is 6.07 Å². The highest BCUT2D eigenvalue weighted by Gasteiger charge is 2.29. The van der Waals surface area contributed by atoms with Crippen molar-refractivity contribution in [3.63, 3.8) is 0 Å². The molecule has 118 valence electrons. The number of nitrogens with zero attached hydrogens (tertiary/aromatic N) is 4. The third-order valence-corrected chi connectivity index (χ3v) is 3.64. The summed E-state index contributed by atoms with van der Waals surface area (Å²) in [7, 11) is 1.89. The van der Waals surface area contributed by atoms with E-state index in [1.807, 2.05) is 57.1 Å². The highest BCUT2D eigenvalue weighted by molar-refractivity contribution is 5.92. The quantitative estimate of drug-likeness (QED) is 0.485. The normalized spacial score (nSPS) is 15.6. The molecule has 23 heavy (non-hydrogen) atoms. The van der Waals surface area contributed by atoms with Crippen LogP contribution >= 0.6 is 0 Å². The van der Waals surface area contributed by atoms with Crippen molar-refractivity contribution in [1.29, 1.82) is 10.5 Å². The molecule has 0 fully saturated rings. The molecule has 0 atom stereocenters. The minimum atomic E-state index is -0.477. The lowest BCUT2D eigenvalue weighted by Crippen LogP contribution is -2.34. The number of rotatable bonds is 3. The number of aliphatic imine (C=N–C) groups is 1. The van der Waals surface area contributed by atoms with Gasteiger partial charge in [0.25, 0.3) is 0 Å². The smallest absolute Gasteiger partial charge is 0.207 e. The van der Waals surface area contributed by atoms with Gasteiger partial charge in [0.2, 0.25) is 6.19 Å². The summed E-state index contributed by atoms with van der Waals surface area (Å²) in [6, 6.07) is 7.52. The van der Waals surface area contributed by atoms with E-state index in [2.05, 4.69) is 11.1 Å². The van der Waals surface area contributed by atoms with Crippen molar-refractivity contribution in [1.82, 2.24) is 4.90 Å². The maximum absolute atomic E-state index is 9.15. The van der Waals surface area contributed by atoms with Gasteiger partial charge in [0.05, 0.1) is 17.3 Å². The van der Waals surface area contributed by atoms with Crippen LogP contribution in [0.15, 0.2) is 29.3 Å². The van der Waals surface area contributed by atoms with Crippen molar-refractivity contribution >= 4 is 11.5 Å². The minimum Gasteiger partial charge on any atom is -0.483 e. The molecule has 1 aromatic carbocycles. The molecule has 0 N–H and O–H groups in total. The molecule has 1 aromatic rings. The Bertz CT molecular complexity index is 747. The van der Waals surface area contributed by atoms with Crippen molar-refractivity contribution in [2.24, 2.45) is 4.99 Å². The van der Waals surface area contributed by atoms with Crippen molar-refractivity contribution in [2.45, 2.75) is 39.2 Å². The molecule has 0 aromatic heterocycles. The molecule has 0 radical (unpaired) electrons. The predicted molar refractivity (Wildman–Crippen MR) is 89.6 cm³/mol. The maximum atomic E-state index is 9.15. The zero-order chi connectivity index (χ0) is 17.0. The van der Waals surface area contributed by atoms with Crippen molar-refractivity contribution < 1.29 is 4.74 Å².